The Bertz CT molecular complexity index is 827. The lowest BCUT2D eigenvalue weighted by atomic mass is 9.95. The number of nitrogens with zero attached hydrogens (tertiary/aromatic N) is 3. The van der Waals surface area contributed by atoms with Crippen LogP contribution in [0.5, 0.6) is 0 Å². The maximum absolute atomic E-state index is 12.4. The van der Waals surface area contributed by atoms with Crippen LogP contribution in [0.15, 0.2) is 23.1 Å². The second kappa shape index (κ2) is 9.31. The van der Waals surface area contributed by atoms with Crippen LogP contribution in [0.1, 0.15) is 36.0 Å². The molecule has 3 fully saturated rings. The Kier molecular flexibility index (Phi) is 6.53. The molecule has 0 bridgehead atoms. The molecular weight excluding hydrogens is 384 g/mol. The lowest BCUT2D eigenvalue weighted by molar-refractivity contribution is -0.149. The number of ether oxygens (including phenoxy) is 1. The van der Waals surface area contributed by atoms with E-state index in [9.17, 15) is 14.4 Å². The largest absolute Gasteiger partial charge is 0.365 e. The van der Waals surface area contributed by atoms with E-state index in [1.54, 1.807) is 19.3 Å². The minimum absolute atomic E-state index is 0.0231. The van der Waals surface area contributed by atoms with Gasteiger partial charge in [0.1, 0.15) is 12.2 Å². The highest BCUT2D eigenvalue weighted by Crippen LogP contribution is 2.31. The summed E-state index contributed by atoms with van der Waals surface area (Å²) in [7, 11) is 1.61. The molecule has 164 valence electrons. The molecule has 8 nitrogen and oxygen atoms in total. The highest BCUT2D eigenvalue weighted by Gasteiger charge is 2.31. The van der Waals surface area contributed by atoms with Crippen LogP contribution in [0.25, 0.3) is 0 Å². The third kappa shape index (κ3) is 5.29. The van der Waals surface area contributed by atoms with Gasteiger partial charge in [-0.3, -0.25) is 14.4 Å². The van der Waals surface area contributed by atoms with Gasteiger partial charge < -0.3 is 24.4 Å². The highest BCUT2D eigenvalue weighted by atomic mass is 16.5. The zero-order valence-electron chi connectivity index (χ0n) is 17.7. The van der Waals surface area contributed by atoms with Gasteiger partial charge in [-0.25, -0.2) is 0 Å². The number of morpholine rings is 1. The number of likely N-dealkylation sites (tertiary alicyclic amines) is 1. The van der Waals surface area contributed by atoms with Gasteiger partial charge in [-0.05, 0) is 62.7 Å². The summed E-state index contributed by atoms with van der Waals surface area (Å²) in [6.45, 7) is 5.08. The van der Waals surface area contributed by atoms with E-state index in [4.69, 9.17) is 4.74 Å². The first-order chi connectivity index (χ1) is 14.5. The first kappa shape index (κ1) is 21.1. The van der Waals surface area contributed by atoms with Gasteiger partial charge in [0, 0.05) is 39.4 Å². The summed E-state index contributed by atoms with van der Waals surface area (Å²) in [4.78, 5) is 41.2. The number of hydrogen-bond donors (Lipinski definition) is 1. The number of hydrogen-bond acceptors (Lipinski definition) is 5. The fourth-order valence-corrected chi connectivity index (χ4v) is 4.38. The van der Waals surface area contributed by atoms with Gasteiger partial charge in [0.15, 0.2) is 0 Å². The van der Waals surface area contributed by atoms with Crippen molar-refractivity contribution in [2.75, 3.05) is 45.9 Å². The molecule has 1 unspecified atom stereocenters. The molecule has 1 aromatic rings. The van der Waals surface area contributed by atoms with E-state index < -0.39 is 5.91 Å². The molecule has 0 aromatic carbocycles. The Morgan fingerprint density at radius 1 is 1.13 bits per heavy atom. The van der Waals surface area contributed by atoms with Gasteiger partial charge >= 0.3 is 0 Å². The summed E-state index contributed by atoms with van der Waals surface area (Å²) < 4.78 is 7.00. The predicted molar refractivity (Wildman–Crippen MR) is 112 cm³/mol. The molecule has 8 heteroatoms. The van der Waals surface area contributed by atoms with Crippen molar-refractivity contribution in [3.63, 3.8) is 0 Å². The normalized spacial score (nSPS) is 23.6. The fraction of sp³-hybridized carbons (Fsp3) is 0.682. The van der Waals surface area contributed by atoms with Gasteiger partial charge in [0.2, 0.25) is 5.91 Å². The minimum atomic E-state index is -0.411. The molecule has 0 spiro atoms. The molecule has 3 aliphatic rings. The third-order valence-electron chi connectivity index (χ3n) is 6.48. The zero-order chi connectivity index (χ0) is 21.1. The average Bonchev–Trinajstić information content (AvgIpc) is 3.56. The Hall–Kier alpha value is -2.19. The molecule has 30 heavy (non-hydrogen) atoms. The van der Waals surface area contributed by atoms with E-state index in [1.807, 2.05) is 4.90 Å². The van der Waals surface area contributed by atoms with Crippen LogP contribution in [0.2, 0.25) is 0 Å². The van der Waals surface area contributed by atoms with Gasteiger partial charge in [0.25, 0.3) is 11.5 Å². The van der Waals surface area contributed by atoms with Gasteiger partial charge in [0.05, 0.1) is 6.10 Å². The van der Waals surface area contributed by atoms with E-state index in [2.05, 4.69) is 10.2 Å². The number of piperidine rings is 1. The van der Waals surface area contributed by atoms with Crippen molar-refractivity contribution in [1.29, 1.82) is 0 Å². The molecule has 3 heterocycles. The quantitative estimate of drug-likeness (QED) is 0.698. The molecule has 0 radical (unpaired) electrons. The number of rotatable bonds is 7. The summed E-state index contributed by atoms with van der Waals surface area (Å²) in [6.07, 6.45) is 6.40. The van der Waals surface area contributed by atoms with Crippen molar-refractivity contribution < 1.29 is 14.3 Å². The monoisotopic (exact) mass is 416 g/mol. The number of amides is 2. The Labute approximate surface area is 177 Å². The molecule has 2 aliphatic heterocycles. The SMILES string of the molecule is Cn1cccc(C(=O)NCC2CN(CC3CCN(CC4CC4)CC3)C(=O)CO2)c1=O. The van der Waals surface area contributed by atoms with Crippen LogP contribution < -0.4 is 10.9 Å². The van der Waals surface area contributed by atoms with Gasteiger partial charge in [-0.15, -0.1) is 0 Å². The molecule has 4 rings (SSSR count). The number of aromatic nitrogens is 1. The summed E-state index contributed by atoms with van der Waals surface area (Å²) in [5, 5.41) is 2.78. The first-order valence-corrected chi connectivity index (χ1v) is 11.0. The number of carbonyl (C=O) groups is 2. The molecule has 2 amide bonds. The number of carbonyl (C=O) groups excluding carboxylic acids is 2. The van der Waals surface area contributed by atoms with Crippen molar-refractivity contribution in [3.8, 4) is 0 Å². The van der Waals surface area contributed by atoms with Crippen molar-refractivity contribution in [3.05, 3.63) is 34.2 Å². The van der Waals surface area contributed by atoms with Crippen LogP contribution in [0, 0.1) is 11.8 Å². The third-order valence-corrected chi connectivity index (χ3v) is 6.48. The van der Waals surface area contributed by atoms with Gasteiger partial charge in [-0.2, -0.15) is 0 Å². The molecule has 1 aromatic heterocycles. The fourth-order valence-electron chi connectivity index (χ4n) is 4.38. The predicted octanol–water partition coefficient (Wildman–Crippen LogP) is 0.465. The topological polar surface area (TPSA) is 83.9 Å². The maximum atomic E-state index is 12.4. The molecule has 1 N–H and O–H groups in total. The summed E-state index contributed by atoms with van der Waals surface area (Å²) in [6, 6.07) is 3.19. The lowest BCUT2D eigenvalue weighted by Crippen LogP contribution is -2.52. The molecule has 1 saturated carbocycles. The Morgan fingerprint density at radius 2 is 1.87 bits per heavy atom. The van der Waals surface area contributed by atoms with E-state index >= 15 is 0 Å². The van der Waals surface area contributed by atoms with Crippen molar-refractivity contribution >= 4 is 11.8 Å². The summed E-state index contributed by atoms with van der Waals surface area (Å²) in [5.41, 5.74) is -0.217. The Morgan fingerprint density at radius 3 is 2.60 bits per heavy atom. The Balaban J connectivity index is 1.24. The van der Waals surface area contributed by atoms with Crippen molar-refractivity contribution in [1.82, 2.24) is 19.7 Å². The zero-order valence-corrected chi connectivity index (χ0v) is 17.7. The highest BCUT2D eigenvalue weighted by molar-refractivity contribution is 5.93. The van der Waals surface area contributed by atoms with E-state index in [1.165, 1.54) is 30.0 Å². The molecule has 2 saturated heterocycles. The van der Waals surface area contributed by atoms with Crippen molar-refractivity contribution in [2.45, 2.75) is 31.8 Å². The van der Waals surface area contributed by atoms with Crippen LogP contribution in [-0.4, -0.2) is 78.2 Å². The smallest absolute Gasteiger partial charge is 0.263 e. The standard InChI is InChI=1S/C22H32N4O4/c1-24-8-2-3-19(22(24)29)21(28)23-11-18-14-26(20(27)15-30-18)13-17-6-9-25(10-7-17)12-16-4-5-16/h2-3,8,16-18H,4-7,9-15H2,1H3,(H,23,28). The molecule has 1 atom stereocenters. The van der Waals surface area contributed by atoms with Gasteiger partial charge in [-0.1, -0.05) is 0 Å². The van der Waals surface area contributed by atoms with Crippen LogP contribution >= 0.6 is 0 Å². The number of aryl methyl sites for hydroxylation is 1. The summed E-state index contributed by atoms with van der Waals surface area (Å²) in [5.74, 6) is 1.07. The molecule has 1 aliphatic carbocycles. The number of pyridine rings is 1. The second-order valence-electron chi connectivity index (χ2n) is 8.97. The van der Waals surface area contributed by atoms with E-state index in [-0.39, 0.29) is 36.3 Å². The number of nitrogens with one attached hydrogen (secondary N) is 1. The lowest BCUT2D eigenvalue weighted by Gasteiger charge is -2.38. The minimum Gasteiger partial charge on any atom is -0.365 e. The van der Waals surface area contributed by atoms with Crippen LogP contribution in [0.3, 0.4) is 0 Å². The first-order valence-electron chi connectivity index (χ1n) is 11.0. The second-order valence-corrected chi connectivity index (χ2v) is 8.97. The van der Waals surface area contributed by atoms with Crippen LogP contribution in [-0.2, 0) is 16.6 Å². The van der Waals surface area contributed by atoms with E-state index in [0.29, 0.717) is 12.5 Å². The van der Waals surface area contributed by atoms with Crippen LogP contribution in [0.4, 0.5) is 0 Å². The summed E-state index contributed by atoms with van der Waals surface area (Å²) >= 11 is 0. The van der Waals surface area contributed by atoms with Crippen molar-refractivity contribution in [2.24, 2.45) is 18.9 Å². The van der Waals surface area contributed by atoms with E-state index in [0.717, 1.165) is 38.4 Å². The maximum Gasteiger partial charge on any atom is 0.263 e. The molecular formula is C22H32N4O4. The average molecular weight is 417 g/mol.